The minimum absolute atomic E-state index is 1.15. The molecule has 0 radical (unpaired) electrons. The van der Waals surface area contributed by atoms with E-state index in [4.69, 9.17) is 0 Å². The second-order valence-corrected chi connectivity index (χ2v) is 19.0. The van der Waals surface area contributed by atoms with Gasteiger partial charge in [0.05, 0.1) is 22.1 Å². The van der Waals surface area contributed by atoms with Gasteiger partial charge in [-0.2, -0.15) is 0 Å². The summed E-state index contributed by atoms with van der Waals surface area (Å²) in [6.07, 6.45) is 0. The molecule has 0 bridgehead atoms. The topological polar surface area (TPSA) is 9.86 Å². The van der Waals surface area contributed by atoms with Gasteiger partial charge in [0.15, 0.2) is 0 Å². The molecule has 0 aliphatic rings. The number of aromatic nitrogens is 2. The van der Waals surface area contributed by atoms with Gasteiger partial charge in [0, 0.05) is 73.3 Å². The molecule has 14 rings (SSSR count). The second-order valence-electron chi connectivity index (χ2n) is 16.9. The quantitative estimate of drug-likeness (QED) is 0.163. The fraction of sp³-hybridized carbons (Fsp3) is 0. The summed E-state index contributed by atoms with van der Waals surface area (Å²) >= 11 is 3.82. The summed E-state index contributed by atoms with van der Waals surface area (Å²) in [6.45, 7) is 0. The number of nitrogens with zero attached hydrogens (tertiary/aromatic N) is 2. The minimum Gasteiger partial charge on any atom is -0.309 e. The molecule has 0 saturated carbocycles. The summed E-state index contributed by atoms with van der Waals surface area (Å²) in [5, 5.41) is 10.4. The molecule has 0 N–H and O–H groups in total. The predicted octanol–water partition coefficient (Wildman–Crippen LogP) is 17.6. The fourth-order valence-electron chi connectivity index (χ4n) is 10.4. The molecule has 64 heavy (non-hydrogen) atoms. The molecule has 0 aliphatic carbocycles. The Morgan fingerprint density at radius 1 is 0.250 bits per heavy atom. The summed E-state index contributed by atoms with van der Waals surface area (Å²) in [7, 11) is 0. The Bertz CT molecular complexity index is 4130. The van der Waals surface area contributed by atoms with E-state index in [0.717, 1.165) is 5.69 Å². The summed E-state index contributed by atoms with van der Waals surface area (Å²) in [6, 6.07) is 80.8. The van der Waals surface area contributed by atoms with Gasteiger partial charge in [0.1, 0.15) is 0 Å². The average molecular weight is 849 g/mol. The molecule has 0 amide bonds. The van der Waals surface area contributed by atoms with Crippen molar-refractivity contribution in [1.82, 2.24) is 9.13 Å². The number of benzene rings is 10. The third-order valence-electron chi connectivity index (χ3n) is 13.3. The molecule has 0 fully saturated rings. The van der Waals surface area contributed by atoms with Gasteiger partial charge in [-0.15, -0.1) is 22.7 Å². The van der Waals surface area contributed by atoms with Crippen molar-refractivity contribution in [3.8, 4) is 44.8 Å². The van der Waals surface area contributed by atoms with Gasteiger partial charge < -0.3 is 9.13 Å². The van der Waals surface area contributed by atoms with E-state index in [9.17, 15) is 0 Å². The first-order chi connectivity index (χ1) is 31.7. The van der Waals surface area contributed by atoms with Crippen LogP contribution in [0.5, 0.6) is 0 Å². The Balaban J connectivity index is 0.912. The smallest absolute Gasteiger partial charge is 0.0541 e. The van der Waals surface area contributed by atoms with Crippen molar-refractivity contribution in [1.29, 1.82) is 0 Å². The molecule has 0 unspecified atom stereocenters. The average Bonchev–Trinajstić information content (AvgIpc) is 4.11. The van der Waals surface area contributed by atoms with Crippen molar-refractivity contribution in [2.45, 2.75) is 0 Å². The zero-order valence-electron chi connectivity index (χ0n) is 34.5. The van der Waals surface area contributed by atoms with Gasteiger partial charge in [-0.25, -0.2) is 0 Å². The third-order valence-corrected chi connectivity index (χ3v) is 15.6. The maximum absolute atomic E-state index is 2.46. The van der Waals surface area contributed by atoms with Gasteiger partial charge >= 0.3 is 0 Å². The summed E-state index contributed by atoms with van der Waals surface area (Å²) in [5.41, 5.74) is 14.4. The molecule has 2 nitrogen and oxygen atoms in total. The van der Waals surface area contributed by atoms with Gasteiger partial charge in [-0.3, -0.25) is 0 Å². The Labute approximate surface area is 376 Å². The first kappa shape index (κ1) is 35.8. The van der Waals surface area contributed by atoms with E-state index in [1.165, 1.54) is 123 Å². The van der Waals surface area contributed by atoms with Crippen LogP contribution >= 0.6 is 22.7 Å². The number of para-hydroxylation sites is 2. The zero-order chi connectivity index (χ0) is 41.9. The van der Waals surface area contributed by atoms with Crippen LogP contribution in [0.25, 0.3) is 129 Å². The van der Waals surface area contributed by atoms with Crippen LogP contribution in [-0.2, 0) is 0 Å². The largest absolute Gasteiger partial charge is 0.309 e. The number of rotatable bonds is 5. The van der Waals surface area contributed by atoms with E-state index >= 15 is 0 Å². The lowest BCUT2D eigenvalue weighted by atomic mass is 9.98. The molecule has 4 heterocycles. The van der Waals surface area contributed by atoms with E-state index in [1.54, 1.807) is 0 Å². The highest BCUT2D eigenvalue weighted by Gasteiger charge is 2.19. The molecule has 0 aliphatic heterocycles. The van der Waals surface area contributed by atoms with E-state index in [2.05, 4.69) is 228 Å². The number of fused-ring (bicyclic) bond motifs is 13. The van der Waals surface area contributed by atoms with E-state index < -0.39 is 0 Å². The highest BCUT2D eigenvalue weighted by atomic mass is 32.1. The SMILES string of the molecule is c1ccc(-c2cc(-c3ccccc3)cc(-n3c4ccccc4c4cc(-c5ccc6c(c5)c5ccccc5n6-c5ccc6c(c5)sc5ccc7c8ccccc8sc7c56)ccc43)c2)cc1. The molecule has 10 aromatic carbocycles. The Morgan fingerprint density at radius 3 is 1.42 bits per heavy atom. The van der Waals surface area contributed by atoms with Crippen LogP contribution in [0.1, 0.15) is 0 Å². The van der Waals surface area contributed by atoms with Crippen LogP contribution < -0.4 is 0 Å². The highest BCUT2D eigenvalue weighted by Crippen LogP contribution is 2.46. The van der Waals surface area contributed by atoms with Crippen LogP contribution in [0, 0.1) is 0 Å². The molecule has 0 spiro atoms. The molecular formula is C60H36N2S2. The van der Waals surface area contributed by atoms with Crippen LogP contribution in [-0.4, -0.2) is 9.13 Å². The highest BCUT2D eigenvalue weighted by molar-refractivity contribution is 7.29. The minimum atomic E-state index is 1.15. The predicted molar refractivity (Wildman–Crippen MR) is 277 cm³/mol. The summed E-state index contributed by atoms with van der Waals surface area (Å²) in [4.78, 5) is 0. The molecule has 4 aromatic heterocycles. The lowest BCUT2D eigenvalue weighted by molar-refractivity contribution is 1.18. The normalized spacial score (nSPS) is 12.1. The van der Waals surface area contributed by atoms with Crippen molar-refractivity contribution in [2.75, 3.05) is 0 Å². The van der Waals surface area contributed by atoms with Crippen LogP contribution in [0.4, 0.5) is 0 Å². The molecule has 4 heteroatoms. The van der Waals surface area contributed by atoms with Gasteiger partial charge in [0.25, 0.3) is 0 Å². The standard InChI is InChI=1S/C60H36N2S2/c1-3-13-37(14-4-1)41-31-42(38-15-5-2-6-16-38)33-44(32-41)62-53-21-11-8-18-46(53)51-35-40(24-29-55(51)62)39-23-28-54-50(34-39)45-17-7-10-20-52(45)61(54)43-25-26-49-58(36-43)63-57-30-27-48-47-19-9-12-22-56(47)64-60(48)59(49)57/h1-36H. The summed E-state index contributed by atoms with van der Waals surface area (Å²) < 4.78 is 10.3. The molecule has 0 atom stereocenters. The Kier molecular flexibility index (Phi) is 7.76. The van der Waals surface area contributed by atoms with Crippen molar-refractivity contribution < 1.29 is 0 Å². The number of hydrogen-bond acceptors (Lipinski definition) is 2. The molecule has 14 aromatic rings. The fourth-order valence-corrected chi connectivity index (χ4v) is 12.8. The number of hydrogen-bond donors (Lipinski definition) is 0. The Hall–Kier alpha value is -7.76. The van der Waals surface area contributed by atoms with Crippen LogP contribution in [0.2, 0.25) is 0 Å². The van der Waals surface area contributed by atoms with Crippen LogP contribution in [0.3, 0.4) is 0 Å². The van der Waals surface area contributed by atoms with Gasteiger partial charge in [-0.1, -0.05) is 140 Å². The van der Waals surface area contributed by atoms with Crippen molar-refractivity contribution >= 4 is 107 Å². The van der Waals surface area contributed by atoms with Gasteiger partial charge in [-0.05, 0) is 112 Å². The molecule has 0 saturated heterocycles. The van der Waals surface area contributed by atoms with Crippen LogP contribution in [0.15, 0.2) is 218 Å². The number of thiophene rings is 2. The molecule has 298 valence electrons. The lowest BCUT2D eigenvalue weighted by Gasteiger charge is -2.14. The van der Waals surface area contributed by atoms with Crippen molar-refractivity contribution in [3.05, 3.63) is 218 Å². The Morgan fingerprint density at radius 2 is 0.781 bits per heavy atom. The van der Waals surface area contributed by atoms with E-state index in [0.29, 0.717) is 0 Å². The maximum Gasteiger partial charge on any atom is 0.0541 e. The zero-order valence-corrected chi connectivity index (χ0v) is 36.1. The molecular weight excluding hydrogens is 813 g/mol. The van der Waals surface area contributed by atoms with Gasteiger partial charge in [0.2, 0.25) is 0 Å². The third kappa shape index (κ3) is 5.37. The second kappa shape index (κ2) is 13.9. The van der Waals surface area contributed by atoms with E-state index in [1.807, 2.05) is 22.7 Å². The first-order valence-corrected chi connectivity index (χ1v) is 23.5. The monoisotopic (exact) mass is 848 g/mol. The van der Waals surface area contributed by atoms with Crippen molar-refractivity contribution in [3.63, 3.8) is 0 Å². The summed E-state index contributed by atoms with van der Waals surface area (Å²) in [5.74, 6) is 0. The maximum atomic E-state index is 2.46. The van der Waals surface area contributed by atoms with E-state index in [-0.39, 0.29) is 0 Å². The van der Waals surface area contributed by atoms with Crippen molar-refractivity contribution in [2.24, 2.45) is 0 Å². The first-order valence-electron chi connectivity index (χ1n) is 21.8. The lowest BCUT2D eigenvalue weighted by Crippen LogP contribution is -1.96.